The van der Waals surface area contributed by atoms with Crippen LogP contribution in [0.15, 0.2) is 16.8 Å². The van der Waals surface area contributed by atoms with Gasteiger partial charge in [-0.3, -0.25) is 9.79 Å². The first kappa shape index (κ1) is 14.4. The van der Waals surface area contributed by atoms with Gasteiger partial charge in [0.25, 0.3) is 0 Å². The number of hydrogen-bond acceptors (Lipinski definition) is 5. The molecule has 0 amide bonds. The van der Waals surface area contributed by atoms with E-state index in [2.05, 4.69) is 4.99 Å². The Morgan fingerprint density at radius 1 is 1.44 bits per heavy atom. The highest BCUT2D eigenvalue weighted by Crippen LogP contribution is 2.20. The lowest BCUT2D eigenvalue weighted by Crippen LogP contribution is -2.28. The molecule has 0 saturated heterocycles. The summed E-state index contributed by atoms with van der Waals surface area (Å²) >= 11 is 0. The lowest BCUT2D eigenvalue weighted by Gasteiger charge is -2.22. The summed E-state index contributed by atoms with van der Waals surface area (Å²) in [5.41, 5.74) is -0.163. The van der Waals surface area contributed by atoms with Crippen LogP contribution in [0.4, 0.5) is 0 Å². The molecule has 0 aromatic rings. The number of rotatable bonds is 3. The standard InChI is InChI=1S/C13H19NO4/c1-5-17-11(15)9-6-10(8-14-7-9)12(16)18-13(2,3)4/h7-9H,5-6H2,1-4H3. The summed E-state index contributed by atoms with van der Waals surface area (Å²) in [6.45, 7) is 7.43. The van der Waals surface area contributed by atoms with Crippen LogP contribution in [-0.2, 0) is 19.1 Å². The summed E-state index contributed by atoms with van der Waals surface area (Å²) in [5, 5.41) is 0. The van der Waals surface area contributed by atoms with E-state index in [0.29, 0.717) is 12.2 Å². The van der Waals surface area contributed by atoms with Crippen molar-refractivity contribution in [2.75, 3.05) is 6.61 Å². The van der Waals surface area contributed by atoms with Gasteiger partial charge in [0.2, 0.25) is 0 Å². The molecule has 0 spiro atoms. The van der Waals surface area contributed by atoms with Crippen molar-refractivity contribution in [2.24, 2.45) is 10.9 Å². The summed E-state index contributed by atoms with van der Waals surface area (Å²) in [5.74, 6) is -1.30. The van der Waals surface area contributed by atoms with E-state index in [1.54, 1.807) is 27.7 Å². The van der Waals surface area contributed by atoms with Gasteiger partial charge in [-0.15, -0.1) is 0 Å². The van der Waals surface area contributed by atoms with Crippen molar-refractivity contribution in [1.82, 2.24) is 0 Å². The molecule has 5 heteroatoms. The largest absolute Gasteiger partial charge is 0.465 e. The fourth-order valence-corrected chi connectivity index (χ4v) is 1.45. The first-order valence-corrected chi connectivity index (χ1v) is 5.96. The van der Waals surface area contributed by atoms with Crippen LogP contribution in [0.1, 0.15) is 34.1 Å². The van der Waals surface area contributed by atoms with Crippen molar-refractivity contribution >= 4 is 18.2 Å². The van der Waals surface area contributed by atoms with Gasteiger partial charge in [-0.2, -0.15) is 0 Å². The smallest absolute Gasteiger partial charge is 0.336 e. The Hall–Kier alpha value is -1.65. The van der Waals surface area contributed by atoms with E-state index in [9.17, 15) is 9.59 Å². The molecule has 0 radical (unpaired) electrons. The average molecular weight is 253 g/mol. The fourth-order valence-electron chi connectivity index (χ4n) is 1.45. The monoisotopic (exact) mass is 253 g/mol. The van der Waals surface area contributed by atoms with E-state index in [1.165, 1.54) is 12.4 Å². The van der Waals surface area contributed by atoms with Gasteiger partial charge in [0.1, 0.15) is 5.60 Å². The second-order valence-electron chi connectivity index (χ2n) is 5.02. The third-order valence-corrected chi connectivity index (χ3v) is 2.19. The maximum absolute atomic E-state index is 11.8. The molecule has 0 saturated carbocycles. The molecule has 1 aliphatic heterocycles. The minimum Gasteiger partial charge on any atom is -0.465 e. The molecule has 1 rings (SSSR count). The Bertz CT molecular complexity index is 390. The van der Waals surface area contributed by atoms with E-state index in [-0.39, 0.29) is 12.4 Å². The van der Waals surface area contributed by atoms with Gasteiger partial charge in [0, 0.05) is 12.4 Å². The highest BCUT2D eigenvalue weighted by Gasteiger charge is 2.27. The molecule has 0 aromatic carbocycles. The molecule has 0 aromatic heterocycles. The average Bonchev–Trinajstić information content (AvgIpc) is 2.27. The Morgan fingerprint density at radius 2 is 2.11 bits per heavy atom. The summed E-state index contributed by atoms with van der Waals surface area (Å²) in [7, 11) is 0. The van der Waals surface area contributed by atoms with Crippen LogP contribution >= 0.6 is 0 Å². The van der Waals surface area contributed by atoms with Crippen molar-refractivity contribution in [1.29, 1.82) is 0 Å². The molecule has 1 aliphatic rings. The van der Waals surface area contributed by atoms with Gasteiger partial charge in [-0.05, 0) is 34.1 Å². The second-order valence-corrected chi connectivity index (χ2v) is 5.02. The summed E-state index contributed by atoms with van der Waals surface area (Å²) in [4.78, 5) is 27.3. The van der Waals surface area contributed by atoms with Gasteiger partial charge < -0.3 is 9.47 Å². The molecule has 0 fully saturated rings. The van der Waals surface area contributed by atoms with E-state index < -0.39 is 17.5 Å². The molecule has 1 unspecified atom stereocenters. The van der Waals surface area contributed by atoms with E-state index in [0.717, 1.165) is 0 Å². The predicted octanol–water partition coefficient (Wildman–Crippen LogP) is 1.87. The highest BCUT2D eigenvalue weighted by molar-refractivity contribution is 5.96. The Morgan fingerprint density at radius 3 is 2.67 bits per heavy atom. The molecular weight excluding hydrogens is 234 g/mol. The number of nitrogens with zero attached hydrogens (tertiary/aromatic N) is 1. The van der Waals surface area contributed by atoms with Crippen LogP contribution in [0, 0.1) is 5.92 Å². The van der Waals surface area contributed by atoms with Crippen molar-refractivity contribution in [3.8, 4) is 0 Å². The first-order valence-electron chi connectivity index (χ1n) is 5.96. The lowest BCUT2D eigenvalue weighted by atomic mass is 9.99. The van der Waals surface area contributed by atoms with Gasteiger partial charge in [0.05, 0.1) is 18.1 Å². The zero-order chi connectivity index (χ0) is 13.8. The number of hydrogen-bond donors (Lipinski definition) is 0. The molecule has 1 atom stereocenters. The lowest BCUT2D eigenvalue weighted by molar-refractivity contribution is -0.150. The minimum atomic E-state index is -0.557. The van der Waals surface area contributed by atoms with Crippen molar-refractivity contribution in [2.45, 2.75) is 39.7 Å². The van der Waals surface area contributed by atoms with Crippen LogP contribution in [0.3, 0.4) is 0 Å². The maximum Gasteiger partial charge on any atom is 0.336 e. The minimum absolute atomic E-state index is 0.275. The third kappa shape index (κ3) is 4.31. The van der Waals surface area contributed by atoms with Crippen LogP contribution in [-0.4, -0.2) is 30.4 Å². The highest BCUT2D eigenvalue weighted by atomic mass is 16.6. The zero-order valence-electron chi connectivity index (χ0n) is 11.2. The number of esters is 2. The molecular formula is C13H19NO4. The number of carbonyl (C=O) groups excluding carboxylic acids is 2. The molecule has 0 aliphatic carbocycles. The third-order valence-electron chi connectivity index (χ3n) is 2.19. The topological polar surface area (TPSA) is 65.0 Å². The van der Waals surface area contributed by atoms with Crippen LogP contribution < -0.4 is 0 Å². The zero-order valence-corrected chi connectivity index (χ0v) is 11.2. The predicted molar refractivity (Wildman–Crippen MR) is 67.2 cm³/mol. The molecule has 0 N–H and O–H groups in total. The van der Waals surface area contributed by atoms with E-state index >= 15 is 0 Å². The van der Waals surface area contributed by atoms with Gasteiger partial charge in [0.15, 0.2) is 0 Å². The van der Waals surface area contributed by atoms with Gasteiger partial charge in [-0.25, -0.2) is 4.79 Å². The van der Waals surface area contributed by atoms with Gasteiger partial charge in [-0.1, -0.05) is 0 Å². The molecule has 1 heterocycles. The number of aliphatic imine (C=N–C) groups is 1. The Kier molecular flexibility index (Phi) is 4.64. The molecule has 5 nitrogen and oxygen atoms in total. The SMILES string of the molecule is CCOC(=O)C1C=NC=C(C(=O)OC(C)(C)C)C1. The van der Waals surface area contributed by atoms with Crippen molar-refractivity contribution in [3.63, 3.8) is 0 Å². The Balaban J connectivity index is 2.65. The molecule has 0 bridgehead atoms. The number of carbonyl (C=O) groups is 2. The second kappa shape index (κ2) is 5.80. The number of ether oxygens (including phenoxy) is 2. The molecule has 18 heavy (non-hydrogen) atoms. The first-order chi connectivity index (χ1) is 8.33. The van der Waals surface area contributed by atoms with Crippen LogP contribution in [0.5, 0.6) is 0 Å². The fraction of sp³-hybridized carbons (Fsp3) is 0.615. The summed E-state index contributed by atoms with van der Waals surface area (Å²) < 4.78 is 10.1. The summed E-state index contributed by atoms with van der Waals surface area (Å²) in [6, 6.07) is 0. The maximum atomic E-state index is 11.8. The van der Waals surface area contributed by atoms with Crippen molar-refractivity contribution < 1.29 is 19.1 Å². The van der Waals surface area contributed by atoms with Crippen LogP contribution in [0.2, 0.25) is 0 Å². The van der Waals surface area contributed by atoms with Crippen LogP contribution in [0.25, 0.3) is 0 Å². The van der Waals surface area contributed by atoms with E-state index in [1.807, 2.05) is 0 Å². The summed E-state index contributed by atoms with van der Waals surface area (Å²) in [6.07, 6.45) is 3.20. The van der Waals surface area contributed by atoms with Crippen molar-refractivity contribution in [3.05, 3.63) is 11.8 Å². The van der Waals surface area contributed by atoms with Gasteiger partial charge >= 0.3 is 11.9 Å². The Labute approximate surface area is 107 Å². The van der Waals surface area contributed by atoms with E-state index in [4.69, 9.17) is 9.47 Å². The normalized spacial score (nSPS) is 19.1. The quantitative estimate of drug-likeness (QED) is 0.720. The molecule has 100 valence electrons.